The van der Waals surface area contributed by atoms with Gasteiger partial charge in [0, 0.05) is 22.2 Å². The van der Waals surface area contributed by atoms with Crippen LogP contribution in [-0.2, 0) is 0 Å². The maximum atomic E-state index is 13.2. The first kappa shape index (κ1) is 11.9. The van der Waals surface area contributed by atoms with Crippen LogP contribution in [0.25, 0.3) is 0 Å². The Kier molecular flexibility index (Phi) is 3.55. The van der Waals surface area contributed by atoms with Crippen LogP contribution in [0.1, 0.15) is 38.8 Å². The second-order valence-corrected chi connectivity index (χ2v) is 6.20. The van der Waals surface area contributed by atoms with E-state index >= 15 is 0 Å². The van der Waals surface area contributed by atoms with E-state index < -0.39 is 0 Å². The Morgan fingerprint density at radius 2 is 2.19 bits per heavy atom. The van der Waals surface area contributed by atoms with Gasteiger partial charge in [0.1, 0.15) is 5.82 Å². The van der Waals surface area contributed by atoms with E-state index in [9.17, 15) is 4.39 Å². The summed E-state index contributed by atoms with van der Waals surface area (Å²) < 4.78 is 13.2. The molecule has 0 radical (unpaired) electrons. The Morgan fingerprint density at radius 1 is 1.44 bits per heavy atom. The molecule has 1 aliphatic rings. The van der Waals surface area contributed by atoms with Crippen LogP contribution >= 0.6 is 11.8 Å². The van der Waals surface area contributed by atoms with Crippen LogP contribution in [0, 0.1) is 5.82 Å². The minimum atomic E-state index is -0.136. The van der Waals surface area contributed by atoms with Crippen LogP contribution in [-0.4, -0.2) is 11.3 Å². The molecule has 88 valence electrons. The predicted molar refractivity (Wildman–Crippen MR) is 67.3 cm³/mol. The van der Waals surface area contributed by atoms with E-state index in [1.807, 2.05) is 6.07 Å². The van der Waals surface area contributed by atoms with Crippen molar-refractivity contribution < 1.29 is 4.39 Å². The van der Waals surface area contributed by atoms with Gasteiger partial charge in [0.2, 0.25) is 0 Å². The first-order valence-electron chi connectivity index (χ1n) is 5.78. The van der Waals surface area contributed by atoms with Crippen molar-refractivity contribution >= 4 is 11.8 Å². The van der Waals surface area contributed by atoms with Gasteiger partial charge in [-0.3, -0.25) is 0 Å². The Morgan fingerprint density at radius 3 is 2.88 bits per heavy atom. The highest BCUT2D eigenvalue weighted by atomic mass is 32.2. The van der Waals surface area contributed by atoms with E-state index in [2.05, 4.69) is 26.1 Å². The lowest BCUT2D eigenvalue weighted by Gasteiger charge is -2.31. The molecule has 1 aromatic rings. The summed E-state index contributed by atoms with van der Waals surface area (Å²) in [5.74, 6) is -0.136. The monoisotopic (exact) mass is 239 g/mol. The van der Waals surface area contributed by atoms with Gasteiger partial charge in [0.25, 0.3) is 0 Å². The van der Waals surface area contributed by atoms with E-state index in [0.29, 0.717) is 17.3 Å². The van der Waals surface area contributed by atoms with Gasteiger partial charge in [-0.2, -0.15) is 0 Å². The van der Waals surface area contributed by atoms with E-state index in [0.717, 1.165) is 11.3 Å². The molecule has 0 bridgehead atoms. The molecule has 2 unspecified atom stereocenters. The normalized spacial score (nSPS) is 24.6. The summed E-state index contributed by atoms with van der Waals surface area (Å²) in [4.78, 5) is 1.09. The second-order valence-electron chi connectivity index (χ2n) is 4.72. The highest BCUT2D eigenvalue weighted by Gasteiger charge is 2.25. The average Bonchev–Trinajstić information content (AvgIpc) is 2.15. The molecule has 0 aromatic heterocycles. The molecule has 0 saturated carbocycles. The average molecular weight is 239 g/mol. The Bertz CT molecular complexity index is 378. The van der Waals surface area contributed by atoms with E-state index in [1.165, 1.54) is 5.56 Å². The summed E-state index contributed by atoms with van der Waals surface area (Å²) >= 11 is 1.78. The molecular formula is C13H18FNS. The summed E-state index contributed by atoms with van der Waals surface area (Å²) in [7, 11) is 0. The van der Waals surface area contributed by atoms with Crippen molar-refractivity contribution in [1.29, 1.82) is 0 Å². The summed E-state index contributed by atoms with van der Waals surface area (Å²) in [6, 6.07) is 5.96. The third-order valence-corrected chi connectivity index (χ3v) is 3.98. The van der Waals surface area contributed by atoms with Gasteiger partial charge >= 0.3 is 0 Å². The Labute approximate surface area is 101 Å². The number of thioether (sulfide) groups is 1. The molecular weight excluding hydrogens is 221 g/mol. The van der Waals surface area contributed by atoms with E-state index in [1.54, 1.807) is 23.9 Å². The quantitative estimate of drug-likeness (QED) is 0.843. The zero-order valence-corrected chi connectivity index (χ0v) is 10.8. The van der Waals surface area contributed by atoms with Crippen LogP contribution in [0.3, 0.4) is 0 Å². The summed E-state index contributed by atoms with van der Waals surface area (Å²) in [6.07, 6.45) is 1.11. The minimum absolute atomic E-state index is 0.136. The van der Waals surface area contributed by atoms with Crippen molar-refractivity contribution in [2.75, 3.05) is 0 Å². The standard InChI is InChI=1S/C13H18FNS/c1-8(2)15-12-6-9(3)16-13-7-10(14)4-5-11(12)13/h4-5,7-9,12,15H,6H2,1-3H3. The van der Waals surface area contributed by atoms with Gasteiger partial charge in [-0.1, -0.05) is 26.8 Å². The summed E-state index contributed by atoms with van der Waals surface area (Å²) in [6.45, 7) is 6.50. The van der Waals surface area contributed by atoms with E-state index in [-0.39, 0.29) is 5.82 Å². The predicted octanol–water partition coefficient (Wildman–Crippen LogP) is 3.75. The molecule has 2 atom stereocenters. The van der Waals surface area contributed by atoms with Crippen molar-refractivity contribution in [3.8, 4) is 0 Å². The van der Waals surface area contributed by atoms with Crippen molar-refractivity contribution in [1.82, 2.24) is 5.32 Å². The first-order valence-corrected chi connectivity index (χ1v) is 6.66. The fourth-order valence-electron chi connectivity index (χ4n) is 2.18. The first-order chi connectivity index (χ1) is 7.56. The third-order valence-electron chi connectivity index (χ3n) is 2.78. The molecule has 3 heteroatoms. The molecule has 1 aromatic carbocycles. The van der Waals surface area contributed by atoms with Crippen molar-refractivity contribution in [3.05, 3.63) is 29.6 Å². The lowest BCUT2D eigenvalue weighted by atomic mass is 10.0. The maximum absolute atomic E-state index is 13.2. The van der Waals surface area contributed by atoms with Gasteiger partial charge in [0.05, 0.1) is 0 Å². The smallest absolute Gasteiger partial charge is 0.124 e. The zero-order valence-electron chi connectivity index (χ0n) is 9.96. The van der Waals surface area contributed by atoms with Gasteiger partial charge in [-0.25, -0.2) is 4.39 Å². The minimum Gasteiger partial charge on any atom is -0.308 e. The number of rotatable bonds is 2. The van der Waals surface area contributed by atoms with Gasteiger partial charge < -0.3 is 5.32 Å². The SMILES string of the molecule is CC(C)NC1CC(C)Sc2cc(F)ccc21. The molecule has 0 fully saturated rings. The lowest BCUT2D eigenvalue weighted by molar-refractivity contribution is 0.441. The molecule has 1 heterocycles. The number of hydrogen-bond donors (Lipinski definition) is 1. The highest BCUT2D eigenvalue weighted by Crippen LogP contribution is 2.40. The number of nitrogens with one attached hydrogen (secondary N) is 1. The molecule has 1 nitrogen and oxygen atoms in total. The van der Waals surface area contributed by atoms with Crippen LogP contribution in [0.15, 0.2) is 23.1 Å². The fourth-order valence-corrected chi connectivity index (χ4v) is 3.43. The van der Waals surface area contributed by atoms with Crippen molar-refractivity contribution in [3.63, 3.8) is 0 Å². The number of halogens is 1. The Hall–Kier alpha value is -0.540. The van der Waals surface area contributed by atoms with Gasteiger partial charge in [-0.15, -0.1) is 11.8 Å². The summed E-state index contributed by atoms with van der Waals surface area (Å²) in [5.41, 5.74) is 1.25. The van der Waals surface area contributed by atoms with Crippen LogP contribution in [0.5, 0.6) is 0 Å². The molecule has 2 rings (SSSR count). The lowest BCUT2D eigenvalue weighted by Crippen LogP contribution is -2.32. The van der Waals surface area contributed by atoms with Crippen LogP contribution in [0.2, 0.25) is 0 Å². The number of fused-ring (bicyclic) bond motifs is 1. The molecule has 1 N–H and O–H groups in total. The van der Waals surface area contributed by atoms with Crippen molar-refractivity contribution in [2.24, 2.45) is 0 Å². The molecule has 0 amide bonds. The third kappa shape index (κ3) is 2.58. The molecule has 0 spiro atoms. The number of benzene rings is 1. The summed E-state index contributed by atoms with van der Waals surface area (Å²) in [5, 5.41) is 4.10. The molecule has 0 saturated heterocycles. The zero-order chi connectivity index (χ0) is 11.7. The van der Waals surface area contributed by atoms with Gasteiger partial charge in [-0.05, 0) is 24.1 Å². The maximum Gasteiger partial charge on any atom is 0.124 e. The second kappa shape index (κ2) is 4.76. The fraction of sp³-hybridized carbons (Fsp3) is 0.538. The largest absolute Gasteiger partial charge is 0.308 e. The Balaban J connectivity index is 2.30. The topological polar surface area (TPSA) is 12.0 Å². The highest BCUT2D eigenvalue weighted by molar-refractivity contribution is 8.00. The molecule has 0 aliphatic carbocycles. The molecule has 1 aliphatic heterocycles. The van der Waals surface area contributed by atoms with Crippen LogP contribution in [0.4, 0.5) is 4.39 Å². The number of hydrogen-bond acceptors (Lipinski definition) is 2. The van der Waals surface area contributed by atoms with Crippen LogP contribution < -0.4 is 5.32 Å². The van der Waals surface area contributed by atoms with Gasteiger partial charge in [0.15, 0.2) is 0 Å². The molecule has 16 heavy (non-hydrogen) atoms. The van der Waals surface area contributed by atoms with Crippen molar-refractivity contribution in [2.45, 2.75) is 49.4 Å². The van der Waals surface area contributed by atoms with E-state index in [4.69, 9.17) is 0 Å².